The Hall–Kier alpha value is -2.36. The first kappa shape index (κ1) is 18.4. The molecule has 5 heteroatoms. The van der Waals surface area contributed by atoms with Crippen molar-refractivity contribution in [3.05, 3.63) is 93.2 Å². The molecule has 0 saturated heterocycles. The zero-order valence-electron chi connectivity index (χ0n) is 14.0. The lowest BCUT2D eigenvalue weighted by molar-refractivity contribution is 0.306. The average molecular weight is 388 g/mol. The largest absolute Gasteiger partial charge is 0.486 e. The number of aryl methyl sites for hydroxylation is 1. The molecule has 0 saturated carbocycles. The predicted octanol–water partition coefficient (Wildman–Crippen LogP) is 6.77. The van der Waals surface area contributed by atoms with Crippen LogP contribution in [-0.2, 0) is 6.61 Å². The van der Waals surface area contributed by atoms with Crippen molar-refractivity contribution in [1.82, 2.24) is 0 Å². The van der Waals surface area contributed by atoms with Gasteiger partial charge in [-0.1, -0.05) is 53.0 Å². The molecule has 0 bridgehead atoms. The summed E-state index contributed by atoms with van der Waals surface area (Å²) in [4.78, 5) is 4.41. The fourth-order valence-corrected chi connectivity index (χ4v) is 2.97. The first-order chi connectivity index (χ1) is 12.5. The van der Waals surface area contributed by atoms with Crippen molar-refractivity contribution in [2.24, 2.45) is 4.99 Å². The zero-order chi connectivity index (χ0) is 18.5. The molecule has 2 nitrogen and oxygen atoms in total. The molecule has 0 radical (unpaired) electrons. The maximum absolute atomic E-state index is 13.2. The lowest BCUT2D eigenvalue weighted by atomic mass is 10.2. The summed E-state index contributed by atoms with van der Waals surface area (Å²) in [6.07, 6.45) is 1.69. The Morgan fingerprint density at radius 3 is 2.35 bits per heavy atom. The number of ether oxygens (including phenoxy) is 1. The van der Waals surface area contributed by atoms with E-state index in [1.165, 1.54) is 17.7 Å². The molecule has 0 N–H and O–H groups in total. The van der Waals surface area contributed by atoms with E-state index >= 15 is 0 Å². The van der Waals surface area contributed by atoms with Gasteiger partial charge in [0.2, 0.25) is 0 Å². The van der Waals surface area contributed by atoms with Crippen LogP contribution in [0.15, 0.2) is 65.7 Å². The van der Waals surface area contributed by atoms with Gasteiger partial charge in [0.15, 0.2) is 5.75 Å². The van der Waals surface area contributed by atoms with Crippen LogP contribution >= 0.6 is 23.2 Å². The van der Waals surface area contributed by atoms with Crippen molar-refractivity contribution in [3.8, 4) is 5.75 Å². The van der Waals surface area contributed by atoms with Crippen LogP contribution in [0.3, 0.4) is 0 Å². The highest BCUT2D eigenvalue weighted by Crippen LogP contribution is 2.34. The average Bonchev–Trinajstić information content (AvgIpc) is 2.60. The summed E-state index contributed by atoms with van der Waals surface area (Å²) in [5.74, 6) is 0.0519. The van der Waals surface area contributed by atoms with Crippen LogP contribution in [0, 0.1) is 12.7 Å². The van der Waals surface area contributed by atoms with E-state index in [1.807, 2.05) is 31.2 Å². The van der Waals surface area contributed by atoms with Gasteiger partial charge in [0.05, 0.1) is 15.7 Å². The molecule has 0 atom stereocenters. The number of aliphatic imine (C=N–C) groups is 1. The molecule has 26 heavy (non-hydrogen) atoms. The Morgan fingerprint density at radius 1 is 1.00 bits per heavy atom. The topological polar surface area (TPSA) is 21.6 Å². The molecular formula is C21H16Cl2FNO. The highest BCUT2D eigenvalue weighted by Gasteiger charge is 2.10. The first-order valence-electron chi connectivity index (χ1n) is 7.98. The van der Waals surface area contributed by atoms with E-state index in [2.05, 4.69) is 4.99 Å². The summed E-state index contributed by atoms with van der Waals surface area (Å²) >= 11 is 12.6. The van der Waals surface area contributed by atoms with Crippen LogP contribution in [-0.4, -0.2) is 6.21 Å². The molecule has 3 rings (SSSR count). The Balaban J connectivity index is 1.74. The van der Waals surface area contributed by atoms with Crippen LogP contribution in [0.25, 0.3) is 0 Å². The Kier molecular flexibility index (Phi) is 5.92. The monoisotopic (exact) mass is 387 g/mol. The van der Waals surface area contributed by atoms with E-state index in [1.54, 1.807) is 30.5 Å². The van der Waals surface area contributed by atoms with E-state index < -0.39 is 0 Å². The normalized spacial score (nSPS) is 11.1. The van der Waals surface area contributed by atoms with Gasteiger partial charge in [0, 0.05) is 6.21 Å². The van der Waals surface area contributed by atoms with Gasteiger partial charge in [-0.05, 0) is 54.4 Å². The molecule has 0 heterocycles. The van der Waals surface area contributed by atoms with Crippen LogP contribution < -0.4 is 4.74 Å². The highest BCUT2D eigenvalue weighted by molar-refractivity contribution is 6.37. The quantitative estimate of drug-likeness (QED) is 0.442. The number of hydrogen-bond donors (Lipinski definition) is 0. The Bertz CT molecular complexity index is 916. The molecule has 0 unspecified atom stereocenters. The van der Waals surface area contributed by atoms with Crippen molar-refractivity contribution < 1.29 is 9.13 Å². The van der Waals surface area contributed by atoms with Crippen LogP contribution in [0.5, 0.6) is 5.75 Å². The highest BCUT2D eigenvalue weighted by atomic mass is 35.5. The van der Waals surface area contributed by atoms with E-state index in [4.69, 9.17) is 27.9 Å². The zero-order valence-corrected chi connectivity index (χ0v) is 15.6. The van der Waals surface area contributed by atoms with Gasteiger partial charge in [-0.15, -0.1) is 0 Å². The second kappa shape index (κ2) is 8.35. The van der Waals surface area contributed by atoms with E-state index in [0.717, 1.165) is 11.3 Å². The Morgan fingerprint density at radius 2 is 1.69 bits per heavy atom. The van der Waals surface area contributed by atoms with E-state index in [-0.39, 0.29) is 12.4 Å². The minimum absolute atomic E-state index is 0.175. The van der Waals surface area contributed by atoms with E-state index in [0.29, 0.717) is 21.4 Å². The number of halogens is 3. The van der Waals surface area contributed by atoms with Crippen LogP contribution in [0.2, 0.25) is 10.0 Å². The van der Waals surface area contributed by atoms with Gasteiger partial charge < -0.3 is 4.74 Å². The molecular weight excluding hydrogens is 372 g/mol. The van der Waals surface area contributed by atoms with Gasteiger partial charge in [0.25, 0.3) is 0 Å². The van der Waals surface area contributed by atoms with Crippen molar-refractivity contribution in [1.29, 1.82) is 0 Å². The molecule has 132 valence electrons. The minimum atomic E-state index is -0.314. The number of hydrogen-bond acceptors (Lipinski definition) is 2. The van der Waals surface area contributed by atoms with Crippen LogP contribution in [0.1, 0.15) is 16.7 Å². The third-order valence-corrected chi connectivity index (χ3v) is 4.25. The molecule has 0 aliphatic heterocycles. The van der Waals surface area contributed by atoms with Gasteiger partial charge in [-0.25, -0.2) is 4.39 Å². The fraction of sp³-hybridized carbons (Fsp3) is 0.0952. The van der Waals surface area contributed by atoms with Crippen molar-refractivity contribution in [2.75, 3.05) is 0 Å². The maximum Gasteiger partial charge on any atom is 0.157 e. The number of nitrogens with zero attached hydrogens (tertiary/aromatic N) is 1. The van der Waals surface area contributed by atoms with E-state index in [9.17, 15) is 4.39 Å². The van der Waals surface area contributed by atoms with Crippen molar-refractivity contribution >= 4 is 35.1 Å². The summed E-state index contributed by atoms with van der Waals surface area (Å²) in [7, 11) is 0. The minimum Gasteiger partial charge on any atom is -0.486 e. The molecule has 0 fully saturated rings. The van der Waals surface area contributed by atoms with Crippen molar-refractivity contribution in [2.45, 2.75) is 13.5 Å². The lowest BCUT2D eigenvalue weighted by Crippen LogP contribution is -1.98. The SMILES string of the molecule is Cc1ccc(N=Cc2cc(Cl)c(OCc3cccc(F)c3)c(Cl)c2)cc1. The molecule has 3 aromatic carbocycles. The first-order valence-corrected chi connectivity index (χ1v) is 8.74. The number of benzene rings is 3. The molecule has 0 spiro atoms. The van der Waals surface area contributed by atoms with Crippen molar-refractivity contribution in [3.63, 3.8) is 0 Å². The predicted molar refractivity (Wildman–Crippen MR) is 106 cm³/mol. The third-order valence-electron chi connectivity index (χ3n) is 3.69. The molecule has 0 aliphatic rings. The second-order valence-corrected chi connectivity index (χ2v) is 6.64. The number of rotatable bonds is 5. The smallest absolute Gasteiger partial charge is 0.157 e. The maximum atomic E-state index is 13.2. The summed E-state index contributed by atoms with van der Waals surface area (Å²) in [5, 5.41) is 0.749. The Labute approximate surface area is 161 Å². The summed E-state index contributed by atoms with van der Waals surface area (Å²) in [6.45, 7) is 2.20. The summed E-state index contributed by atoms with van der Waals surface area (Å²) < 4.78 is 18.9. The third kappa shape index (κ3) is 4.84. The van der Waals surface area contributed by atoms with Crippen LogP contribution in [0.4, 0.5) is 10.1 Å². The molecule has 0 aromatic heterocycles. The van der Waals surface area contributed by atoms with Gasteiger partial charge in [0.1, 0.15) is 12.4 Å². The van der Waals surface area contributed by atoms with Gasteiger partial charge >= 0.3 is 0 Å². The summed E-state index contributed by atoms with van der Waals surface area (Å²) in [6, 6.07) is 17.5. The standard InChI is InChI=1S/C21H16Cl2FNO/c1-14-5-7-18(8-6-14)25-12-16-10-19(22)21(20(23)11-16)26-13-15-3-2-4-17(24)9-15/h2-12H,13H2,1H3. The fourth-order valence-electron chi connectivity index (χ4n) is 2.35. The molecule has 3 aromatic rings. The molecule has 0 amide bonds. The van der Waals surface area contributed by atoms with Gasteiger partial charge in [-0.3, -0.25) is 4.99 Å². The lowest BCUT2D eigenvalue weighted by Gasteiger charge is -2.11. The van der Waals surface area contributed by atoms with Gasteiger partial charge in [-0.2, -0.15) is 0 Å². The second-order valence-electron chi connectivity index (χ2n) is 5.83. The summed E-state index contributed by atoms with van der Waals surface area (Å²) in [5.41, 5.74) is 3.48. The molecule has 0 aliphatic carbocycles.